The van der Waals surface area contributed by atoms with E-state index in [1.54, 1.807) is 25.2 Å². The summed E-state index contributed by atoms with van der Waals surface area (Å²) < 4.78 is 50.7. The number of sulfone groups is 1. The Morgan fingerprint density at radius 3 is 2.50 bits per heavy atom. The highest BCUT2D eigenvalue weighted by atomic mass is 32.2. The van der Waals surface area contributed by atoms with Crippen LogP contribution in [0.5, 0.6) is 0 Å². The summed E-state index contributed by atoms with van der Waals surface area (Å²) in [6, 6.07) is 10.1. The number of halogens is 2. The van der Waals surface area contributed by atoms with Crippen LogP contribution in [0, 0.1) is 11.6 Å². The van der Waals surface area contributed by atoms with Gasteiger partial charge in [0.05, 0.1) is 11.5 Å². The summed E-state index contributed by atoms with van der Waals surface area (Å²) in [6.45, 7) is 0. The van der Waals surface area contributed by atoms with Crippen LogP contribution >= 0.6 is 0 Å². The topological polar surface area (TPSA) is 70.2 Å². The van der Waals surface area contributed by atoms with Crippen LogP contribution in [-0.4, -0.2) is 48.8 Å². The number of aromatic nitrogens is 1. The van der Waals surface area contributed by atoms with Crippen molar-refractivity contribution in [1.82, 2.24) is 9.88 Å². The molecule has 1 amide bonds. The number of benzene rings is 2. The second-order valence-corrected chi connectivity index (χ2v) is 9.97. The number of hydrogen-bond donors (Lipinski definition) is 1. The van der Waals surface area contributed by atoms with Gasteiger partial charge in [-0.2, -0.15) is 0 Å². The maximum Gasteiger partial charge on any atom is 0.222 e. The predicted molar refractivity (Wildman–Crippen MR) is 112 cm³/mol. The summed E-state index contributed by atoms with van der Waals surface area (Å²) in [5.74, 6) is -0.799. The third-order valence-corrected chi connectivity index (χ3v) is 7.49. The molecule has 1 aliphatic rings. The maximum absolute atomic E-state index is 13.9. The SMILES string of the molecule is CN(C(=O)CCc1c(-c2ccc(F)cc2)[nH]c2ccc(F)cc12)[C@@H]1CCS(=O)(=O)C1. The van der Waals surface area contributed by atoms with Gasteiger partial charge in [-0.15, -0.1) is 0 Å². The summed E-state index contributed by atoms with van der Waals surface area (Å²) in [5, 5.41) is 0.674. The molecular weight excluding hydrogens is 410 g/mol. The molecule has 0 aliphatic carbocycles. The number of nitrogens with zero attached hydrogens (tertiary/aromatic N) is 1. The number of nitrogens with one attached hydrogen (secondary N) is 1. The Bertz CT molecular complexity index is 1200. The van der Waals surface area contributed by atoms with Crippen molar-refractivity contribution in [1.29, 1.82) is 0 Å². The van der Waals surface area contributed by atoms with Gasteiger partial charge >= 0.3 is 0 Å². The highest BCUT2D eigenvalue weighted by molar-refractivity contribution is 7.91. The number of carbonyl (C=O) groups excluding carboxylic acids is 1. The molecule has 5 nitrogen and oxygen atoms in total. The van der Waals surface area contributed by atoms with Crippen molar-refractivity contribution in [3.8, 4) is 11.3 Å². The second kappa shape index (κ2) is 7.83. The number of aryl methyl sites for hydroxylation is 1. The minimum absolute atomic E-state index is 0.00559. The molecule has 1 aliphatic heterocycles. The Morgan fingerprint density at radius 2 is 1.83 bits per heavy atom. The van der Waals surface area contributed by atoms with Crippen LogP contribution in [-0.2, 0) is 21.1 Å². The zero-order chi connectivity index (χ0) is 21.5. The Labute approximate surface area is 173 Å². The molecule has 1 atom stereocenters. The normalized spacial score (nSPS) is 18.0. The van der Waals surface area contributed by atoms with Crippen molar-refractivity contribution in [2.75, 3.05) is 18.6 Å². The summed E-state index contributed by atoms with van der Waals surface area (Å²) in [6.07, 6.45) is 0.952. The lowest BCUT2D eigenvalue weighted by Gasteiger charge is -2.23. The van der Waals surface area contributed by atoms with Gasteiger partial charge in [0, 0.05) is 36.1 Å². The number of rotatable bonds is 5. The molecule has 8 heteroatoms. The molecular formula is C22H22F2N2O3S. The van der Waals surface area contributed by atoms with E-state index in [0.717, 1.165) is 22.3 Å². The van der Waals surface area contributed by atoms with Crippen LogP contribution < -0.4 is 0 Å². The zero-order valence-electron chi connectivity index (χ0n) is 16.5. The molecule has 1 N–H and O–H groups in total. The smallest absolute Gasteiger partial charge is 0.222 e. The summed E-state index contributed by atoms with van der Waals surface area (Å²) in [4.78, 5) is 17.5. The fourth-order valence-corrected chi connectivity index (χ4v) is 5.81. The average Bonchev–Trinajstić information content (AvgIpc) is 3.25. The van der Waals surface area contributed by atoms with E-state index in [1.807, 2.05) is 0 Å². The molecule has 1 fully saturated rings. The summed E-state index contributed by atoms with van der Waals surface area (Å²) >= 11 is 0. The maximum atomic E-state index is 13.9. The molecule has 3 aromatic rings. The first-order chi connectivity index (χ1) is 14.2. The van der Waals surface area contributed by atoms with E-state index in [1.165, 1.54) is 29.2 Å². The monoisotopic (exact) mass is 432 g/mol. The average molecular weight is 432 g/mol. The van der Waals surface area contributed by atoms with Crippen molar-refractivity contribution in [2.45, 2.75) is 25.3 Å². The Morgan fingerprint density at radius 1 is 1.13 bits per heavy atom. The largest absolute Gasteiger partial charge is 0.354 e. The molecule has 2 heterocycles. The van der Waals surface area contributed by atoms with Crippen LogP contribution in [0.15, 0.2) is 42.5 Å². The quantitative estimate of drug-likeness (QED) is 0.669. The fraction of sp³-hybridized carbons (Fsp3) is 0.318. The van der Waals surface area contributed by atoms with Gasteiger partial charge in [-0.05, 0) is 66.4 Å². The van der Waals surface area contributed by atoms with Crippen molar-refractivity contribution in [2.24, 2.45) is 0 Å². The first kappa shape index (κ1) is 20.5. The lowest BCUT2D eigenvalue weighted by atomic mass is 10.0. The van der Waals surface area contributed by atoms with Gasteiger partial charge in [-0.1, -0.05) is 0 Å². The van der Waals surface area contributed by atoms with Gasteiger partial charge < -0.3 is 9.88 Å². The standard InChI is InChI=1S/C22H22F2N2O3S/c1-26(17-10-11-30(28,29)13-17)21(27)9-7-18-19-12-16(24)6-8-20(19)25-22(18)14-2-4-15(23)5-3-14/h2-6,8,12,17,25H,7,9-11,13H2,1H3/t17-/m1/s1. The molecule has 158 valence electrons. The van der Waals surface area contributed by atoms with Crippen molar-refractivity contribution in [3.63, 3.8) is 0 Å². The van der Waals surface area contributed by atoms with E-state index in [2.05, 4.69) is 4.98 Å². The van der Waals surface area contributed by atoms with Gasteiger partial charge in [0.1, 0.15) is 11.6 Å². The van der Waals surface area contributed by atoms with Crippen LogP contribution in [0.25, 0.3) is 22.2 Å². The van der Waals surface area contributed by atoms with E-state index < -0.39 is 9.84 Å². The van der Waals surface area contributed by atoms with E-state index in [0.29, 0.717) is 18.2 Å². The van der Waals surface area contributed by atoms with Gasteiger partial charge in [0.15, 0.2) is 9.84 Å². The first-order valence-corrected chi connectivity index (χ1v) is 11.6. The zero-order valence-corrected chi connectivity index (χ0v) is 17.3. The third kappa shape index (κ3) is 4.09. The minimum atomic E-state index is -3.08. The summed E-state index contributed by atoms with van der Waals surface area (Å²) in [7, 11) is -1.45. The van der Waals surface area contributed by atoms with Crippen LogP contribution in [0.1, 0.15) is 18.4 Å². The number of carbonyl (C=O) groups is 1. The van der Waals surface area contributed by atoms with E-state index in [4.69, 9.17) is 0 Å². The molecule has 30 heavy (non-hydrogen) atoms. The van der Waals surface area contributed by atoms with E-state index >= 15 is 0 Å². The highest BCUT2D eigenvalue weighted by Crippen LogP contribution is 2.32. The third-order valence-electron chi connectivity index (χ3n) is 5.74. The molecule has 0 bridgehead atoms. The minimum Gasteiger partial charge on any atom is -0.354 e. The number of fused-ring (bicyclic) bond motifs is 1. The van der Waals surface area contributed by atoms with Crippen LogP contribution in [0.4, 0.5) is 8.78 Å². The molecule has 0 saturated carbocycles. The number of amides is 1. The van der Waals surface area contributed by atoms with E-state index in [-0.39, 0.29) is 41.5 Å². The van der Waals surface area contributed by atoms with Gasteiger partial charge in [-0.3, -0.25) is 4.79 Å². The highest BCUT2D eigenvalue weighted by Gasteiger charge is 2.32. The van der Waals surface area contributed by atoms with E-state index in [9.17, 15) is 22.0 Å². The molecule has 1 saturated heterocycles. The van der Waals surface area contributed by atoms with Crippen molar-refractivity contribution in [3.05, 3.63) is 59.7 Å². The Balaban J connectivity index is 1.61. The molecule has 0 unspecified atom stereocenters. The van der Waals surface area contributed by atoms with Crippen molar-refractivity contribution < 1.29 is 22.0 Å². The first-order valence-electron chi connectivity index (χ1n) is 9.75. The molecule has 2 aromatic carbocycles. The van der Waals surface area contributed by atoms with Crippen LogP contribution in [0.2, 0.25) is 0 Å². The lowest BCUT2D eigenvalue weighted by molar-refractivity contribution is -0.131. The lowest BCUT2D eigenvalue weighted by Crippen LogP contribution is -2.37. The van der Waals surface area contributed by atoms with Gasteiger partial charge in [0.25, 0.3) is 0 Å². The fourth-order valence-electron chi connectivity index (χ4n) is 4.04. The van der Waals surface area contributed by atoms with Gasteiger partial charge in [0.2, 0.25) is 5.91 Å². The molecule has 4 rings (SSSR count). The van der Waals surface area contributed by atoms with Crippen molar-refractivity contribution >= 4 is 26.6 Å². The second-order valence-electron chi connectivity index (χ2n) is 7.74. The number of hydrogen-bond acceptors (Lipinski definition) is 3. The molecule has 0 spiro atoms. The van der Waals surface area contributed by atoms with Crippen LogP contribution in [0.3, 0.4) is 0 Å². The summed E-state index contributed by atoms with van der Waals surface area (Å²) in [5.41, 5.74) is 2.96. The predicted octanol–water partition coefficient (Wildman–Crippen LogP) is 3.69. The molecule has 1 aromatic heterocycles. The molecule has 0 radical (unpaired) electrons. The Hall–Kier alpha value is -2.74. The number of aromatic amines is 1. The number of H-pyrrole nitrogens is 1. The Kier molecular flexibility index (Phi) is 5.36. The van der Waals surface area contributed by atoms with Gasteiger partial charge in [-0.25, -0.2) is 17.2 Å².